The molecule has 0 unspecified atom stereocenters. The lowest BCUT2D eigenvalue weighted by molar-refractivity contribution is -0.138. The van der Waals surface area contributed by atoms with E-state index < -0.39 is 5.97 Å². The summed E-state index contributed by atoms with van der Waals surface area (Å²) in [4.78, 5) is 20.7. The van der Waals surface area contributed by atoms with Gasteiger partial charge in [0.2, 0.25) is 5.91 Å². The van der Waals surface area contributed by atoms with Crippen molar-refractivity contribution >= 4 is 11.9 Å². The lowest BCUT2D eigenvalue weighted by Crippen LogP contribution is -2.25. The standard InChI is InChI=1S/C13H25NO7/c1-12(15)14-3-5-19-7-9-21-11-10-20-8-6-18-4-2-13(16)17/h2-11H2,1H3,(H,14,15)(H,16,17). The summed E-state index contributed by atoms with van der Waals surface area (Å²) in [5, 5.41) is 11.0. The van der Waals surface area contributed by atoms with E-state index in [0.29, 0.717) is 52.8 Å². The predicted molar refractivity (Wildman–Crippen MR) is 74.2 cm³/mol. The number of aliphatic carboxylic acids is 1. The van der Waals surface area contributed by atoms with E-state index in [0.717, 1.165) is 0 Å². The van der Waals surface area contributed by atoms with Crippen molar-refractivity contribution in [3.8, 4) is 0 Å². The molecule has 0 aliphatic rings. The zero-order valence-electron chi connectivity index (χ0n) is 12.5. The van der Waals surface area contributed by atoms with Crippen LogP contribution in [0.25, 0.3) is 0 Å². The Kier molecular flexibility index (Phi) is 14.3. The number of carboxylic acids is 1. The van der Waals surface area contributed by atoms with Gasteiger partial charge < -0.3 is 29.4 Å². The third-order valence-corrected chi connectivity index (χ3v) is 2.20. The molecule has 0 fully saturated rings. The minimum absolute atomic E-state index is 0.00501. The van der Waals surface area contributed by atoms with Crippen molar-refractivity contribution in [2.75, 3.05) is 59.4 Å². The van der Waals surface area contributed by atoms with E-state index in [2.05, 4.69) is 5.32 Å². The van der Waals surface area contributed by atoms with Crippen molar-refractivity contribution in [1.82, 2.24) is 5.32 Å². The fourth-order valence-electron chi connectivity index (χ4n) is 1.22. The van der Waals surface area contributed by atoms with Crippen LogP contribution >= 0.6 is 0 Å². The predicted octanol–water partition coefficient (Wildman–Crippen LogP) is -0.336. The quantitative estimate of drug-likeness (QED) is 0.399. The first-order valence-electron chi connectivity index (χ1n) is 6.90. The molecule has 124 valence electrons. The molecule has 8 nitrogen and oxygen atoms in total. The fourth-order valence-corrected chi connectivity index (χ4v) is 1.22. The summed E-state index contributed by atoms with van der Waals surface area (Å²) >= 11 is 0. The number of hydrogen-bond acceptors (Lipinski definition) is 6. The van der Waals surface area contributed by atoms with Gasteiger partial charge in [-0.25, -0.2) is 0 Å². The minimum Gasteiger partial charge on any atom is -0.481 e. The molecule has 21 heavy (non-hydrogen) atoms. The summed E-state index contributed by atoms with van der Waals surface area (Å²) in [6.07, 6.45) is 0.00501. The Morgan fingerprint density at radius 1 is 0.810 bits per heavy atom. The second-order valence-electron chi connectivity index (χ2n) is 4.08. The van der Waals surface area contributed by atoms with Crippen LogP contribution in [0, 0.1) is 0 Å². The van der Waals surface area contributed by atoms with Gasteiger partial charge in [0.15, 0.2) is 0 Å². The molecular weight excluding hydrogens is 282 g/mol. The molecule has 0 radical (unpaired) electrons. The smallest absolute Gasteiger partial charge is 0.305 e. The molecular formula is C13H25NO7. The number of nitrogens with one attached hydrogen (secondary N) is 1. The monoisotopic (exact) mass is 307 g/mol. The van der Waals surface area contributed by atoms with Crippen molar-refractivity contribution in [1.29, 1.82) is 0 Å². The molecule has 0 atom stereocenters. The van der Waals surface area contributed by atoms with Crippen molar-refractivity contribution in [2.45, 2.75) is 13.3 Å². The zero-order valence-corrected chi connectivity index (χ0v) is 12.5. The maximum absolute atomic E-state index is 10.6. The Bertz CT molecular complexity index is 247. The van der Waals surface area contributed by atoms with Crippen LogP contribution in [0.15, 0.2) is 0 Å². The van der Waals surface area contributed by atoms with Gasteiger partial charge in [0, 0.05) is 13.5 Å². The van der Waals surface area contributed by atoms with E-state index >= 15 is 0 Å². The molecule has 0 bridgehead atoms. The van der Waals surface area contributed by atoms with E-state index in [9.17, 15) is 9.59 Å². The number of carbonyl (C=O) groups excluding carboxylic acids is 1. The molecule has 8 heteroatoms. The van der Waals surface area contributed by atoms with Crippen molar-refractivity contribution in [2.24, 2.45) is 0 Å². The molecule has 0 heterocycles. The van der Waals surface area contributed by atoms with Crippen LogP contribution in [0.5, 0.6) is 0 Å². The molecule has 1 amide bonds. The van der Waals surface area contributed by atoms with Crippen LogP contribution in [-0.2, 0) is 28.5 Å². The second kappa shape index (κ2) is 15.2. The number of carboxylic acid groups (broad SMARTS) is 1. The number of carbonyl (C=O) groups is 2. The highest BCUT2D eigenvalue weighted by atomic mass is 16.6. The van der Waals surface area contributed by atoms with E-state index in [1.165, 1.54) is 6.92 Å². The second-order valence-corrected chi connectivity index (χ2v) is 4.08. The zero-order chi connectivity index (χ0) is 15.8. The highest BCUT2D eigenvalue weighted by molar-refractivity contribution is 5.72. The summed E-state index contributed by atoms with van der Waals surface area (Å²) in [5.41, 5.74) is 0. The normalized spacial score (nSPS) is 10.5. The SMILES string of the molecule is CC(=O)NCCOCCOCCOCCOCCC(=O)O. The maximum Gasteiger partial charge on any atom is 0.305 e. The Morgan fingerprint density at radius 2 is 1.24 bits per heavy atom. The number of amides is 1. The van der Waals surface area contributed by atoms with Gasteiger partial charge in [0.1, 0.15) is 0 Å². The molecule has 0 aromatic rings. The van der Waals surface area contributed by atoms with Crippen molar-refractivity contribution < 1.29 is 33.6 Å². The van der Waals surface area contributed by atoms with Gasteiger partial charge in [-0.15, -0.1) is 0 Å². The van der Waals surface area contributed by atoms with Gasteiger partial charge in [0.25, 0.3) is 0 Å². The highest BCUT2D eigenvalue weighted by Crippen LogP contribution is 1.85. The van der Waals surface area contributed by atoms with Crippen LogP contribution in [0.1, 0.15) is 13.3 Å². The third kappa shape index (κ3) is 18.8. The van der Waals surface area contributed by atoms with Crippen molar-refractivity contribution in [3.05, 3.63) is 0 Å². The van der Waals surface area contributed by atoms with Crippen LogP contribution in [0.3, 0.4) is 0 Å². The van der Waals surface area contributed by atoms with E-state index in [4.69, 9.17) is 24.1 Å². The Labute approximate surface area is 124 Å². The molecule has 0 aromatic heterocycles. The van der Waals surface area contributed by atoms with E-state index in [1.807, 2.05) is 0 Å². The van der Waals surface area contributed by atoms with Crippen LogP contribution in [0.4, 0.5) is 0 Å². The van der Waals surface area contributed by atoms with Gasteiger partial charge >= 0.3 is 5.97 Å². The van der Waals surface area contributed by atoms with Gasteiger partial charge in [-0.1, -0.05) is 0 Å². The first-order valence-corrected chi connectivity index (χ1v) is 6.90. The topological polar surface area (TPSA) is 103 Å². The summed E-state index contributed by atoms with van der Waals surface area (Å²) in [6.45, 7) is 5.27. The third-order valence-electron chi connectivity index (χ3n) is 2.20. The molecule has 0 aromatic carbocycles. The van der Waals surface area contributed by atoms with Gasteiger partial charge in [-0.05, 0) is 0 Å². The van der Waals surface area contributed by atoms with Crippen LogP contribution < -0.4 is 5.32 Å². The maximum atomic E-state index is 10.6. The van der Waals surface area contributed by atoms with Gasteiger partial charge in [-0.2, -0.15) is 0 Å². The Balaban J connectivity index is 2.99. The number of hydrogen-bond donors (Lipinski definition) is 2. The first kappa shape index (κ1) is 19.8. The number of ether oxygens (including phenoxy) is 4. The Hall–Kier alpha value is -1.22. The molecule has 2 N–H and O–H groups in total. The fraction of sp³-hybridized carbons (Fsp3) is 0.846. The summed E-state index contributed by atoms with van der Waals surface area (Å²) in [6, 6.07) is 0. The highest BCUT2D eigenvalue weighted by Gasteiger charge is 1.96. The lowest BCUT2D eigenvalue weighted by Gasteiger charge is -2.07. The molecule has 0 saturated heterocycles. The first-order chi connectivity index (χ1) is 10.1. The molecule has 0 aliphatic heterocycles. The van der Waals surface area contributed by atoms with E-state index in [1.54, 1.807) is 0 Å². The van der Waals surface area contributed by atoms with Gasteiger partial charge in [-0.3, -0.25) is 9.59 Å². The Morgan fingerprint density at radius 3 is 1.67 bits per heavy atom. The average Bonchev–Trinajstić information content (AvgIpc) is 2.42. The van der Waals surface area contributed by atoms with Crippen LogP contribution in [0.2, 0.25) is 0 Å². The molecule has 0 saturated carbocycles. The summed E-state index contributed by atoms with van der Waals surface area (Å²) < 4.78 is 20.8. The van der Waals surface area contributed by atoms with Crippen molar-refractivity contribution in [3.63, 3.8) is 0 Å². The van der Waals surface area contributed by atoms with Gasteiger partial charge in [0.05, 0.1) is 59.3 Å². The lowest BCUT2D eigenvalue weighted by atomic mass is 10.5. The summed E-state index contributed by atoms with van der Waals surface area (Å²) in [7, 11) is 0. The molecule has 0 aliphatic carbocycles. The number of rotatable bonds is 15. The summed E-state index contributed by atoms with van der Waals surface area (Å²) in [5.74, 6) is -0.942. The molecule has 0 spiro atoms. The minimum atomic E-state index is -0.872. The molecule has 0 rings (SSSR count). The van der Waals surface area contributed by atoms with Crippen LogP contribution in [-0.4, -0.2) is 76.4 Å². The van der Waals surface area contributed by atoms with E-state index in [-0.39, 0.29) is 18.9 Å². The average molecular weight is 307 g/mol. The largest absolute Gasteiger partial charge is 0.481 e.